The van der Waals surface area contributed by atoms with Crippen molar-refractivity contribution in [3.63, 3.8) is 0 Å². The molecular weight excluding hydrogens is 184 g/mol. The number of H-pyrrole nitrogens is 1. The Balaban J connectivity index is 2.04. The van der Waals surface area contributed by atoms with Crippen molar-refractivity contribution in [3.8, 4) is 0 Å². The van der Waals surface area contributed by atoms with Crippen LogP contribution in [0.2, 0.25) is 0 Å². The lowest BCUT2D eigenvalue weighted by molar-refractivity contribution is -0.0504. The smallest absolute Gasteiger partial charge is 0.219 e. The summed E-state index contributed by atoms with van der Waals surface area (Å²) in [5.74, 6) is 0.530. The molecule has 72 valence electrons. The fourth-order valence-corrected chi connectivity index (χ4v) is 1.37. The molecule has 0 radical (unpaired) electrons. The second kappa shape index (κ2) is 3.00. The number of nitrogens with one attached hydrogen (secondary N) is 1. The zero-order valence-electron chi connectivity index (χ0n) is 7.30. The molecule has 1 fully saturated rings. The van der Waals surface area contributed by atoms with Crippen LogP contribution < -0.4 is 0 Å². The molecule has 3 heterocycles. The summed E-state index contributed by atoms with van der Waals surface area (Å²) in [6.45, 7) is 1.18. The van der Waals surface area contributed by atoms with E-state index in [0.717, 1.165) is 5.52 Å². The van der Waals surface area contributed by atoms with Gasteiger partial charge in [0.15, 0.2) is 11.5 Å². The number of aromatic amines is 1. The normalized spacial score (nSPS) is 18.0. The molecule has 0 amide bonds. The van der Waals surface area contributed by atoms with E-state index < -0.39 is 6.29 Å². The van der Waals surface area contributed by atoms with Gasteiger partial charge in [-0.25, -0.2) is 15.0 Å². The van der Waals surface area contributed by atoms with Crippen molar-refractivity contribution in [1.29, 1.82) is 0 Å². The molecule has 1 N–H and O–H groups in total. The molecule has 1 aliphatic heterocycles. The van der Waals surface area contributed by atoms with Gasteiger partial charge in [0.25, 0.3) is 0 Å². The number of rotatable bonds is 1. The maximum atomic E-state index is 5.28. The Morgan fingerprint density at radius 3 is 3.00 bits per heavy atom. The molecule has 0 aromatic carbocycles. The summed E-state index contributed by atoms with van der Waals surface area (Å²) in [5, 5.41) is 0. The zero-order chi connectivity index (χ0) is 9.38. The van der Waals surface area contributed by atoms with Crippen molar-refractivity contribution >= 4 is 11.2 Å². The molecule has 0 aliphatic carbocycles. The number of ether oxygens (including phenoxy) is 2. The van der Waals surface area contributed by atoms with Crippen LogP contribution in [0, 0.1) is 0 Å². The van der Waals surface area contributed by atoms with E-state index in [-0.39, 0.29) is 0 Å². The first-order valence-electron chi connectivity index (χ1n) is 4.33. The van der Waals surface area contributed by atoms with Gasteiger partial charge in [-0.3, -0.25) is 0 Å². The van der Waals surface area contributed by atoms with Crippen LogP contribution in [-0.2, 0) is 9.47 Å². The first-order valence-corrected chi connectivity index (χ1v) is 4.33. The van der Waals surface area contributed by atoms with E-state index in [1.807, 2.05) is 0 Å². The van der Waals surface area contributed by atoms with Gasteiger partial charge in [0.05, 0.1) is 25.7 Å². The number of hydrogen-bond donors (Lipinski definition) is 1. The quantitative estimate of drug-likeness (QED) is 0.707. The Kier molecular flexibility index (Phi) is 1.68. The topological polar surface area (TPSA) is 72.9 Å². The maximum absolute atomic E-state index is 5.28. The van der Waals surface area contributed by atoms with Crippen molar-refractivity contribution in [2.45, 2.75) is 6.29 Å². The van der Waals surface area contributed by atoms with E-state index in [0.29, 0.717) is 24.7 Å². The van der Waals surface area contributed by atoms with Gasteiger partial charge in [0.1, 0.15) is 5.52 Å². The summed E-state index contributed by atoms with van der Waals surface area (Å²) in [4.78, 5) is 15.3. The highest BCUT2D eigenvalue weighted by atomic mass is 16.7. The largest absolute Gasteiger partial charge is 0.343 e. The molecule has 14 heavy (non-hydrogen) atoms. The summed E-state index contributed by atoms with van der Waals surface area (Å²) in [5.41, 5.74) is 1.45. The van der Waals surface area contributed by atoms with E-state index in [1.165, 1.54) is 0 Å². The summed E-state index contributed by atoms with van der Waals surface area (Å²) in [6, 6.07) is 0. The average Bonchev–Trinajstić information content (AvgIpc) is 2.88. The van der Waals surface area contributed by atoms with Crippen LogP contribution in [0.5, 0.6) is 0 Å². The van der Waals surface area contributed by atoms with Crippen LogP contribution in [0.4, 0.5) is 0 Å². The lowest BCUT2D eigenvalue weighted by Crippen LogP contribution is -2.04. The highest BCUT2D eigenvalue weighted by molar-refractivity contribution is 5.68. The van der Waals surface area contributed by atoms with Crippen LogP contribution in [-0.4, -0.2) is 33.1 Å². The Labute approximate surface area is 79.3 Å². The number of aromatic nitrogens is 4. The minimum atomic E-state index is -0.434. The van der Waals surface area contributed by atoms with Crippen molar-refractivity contribution in [2.24, 2.45) is 0 Å². The zero-order valence-corrected chi connectivity index (χ0v) is 7.30. The molecule has 2 aromatic rings. The molecular formula is C8H8N4O2. The molecule has 3 rings (SSSR count). The lowest BCUT2D eigenvalue weighted by Gasteiger charge is -2.05. The molecule has 2 aromatic heterocycles. The van der Waals surface area contributed by atoms with Crippen molar-refractivity contribution in [1.82, 2.24) is 19.9 Å². The SMILES string of the molecule is c1nc2nc(C3OCCO3)ncc2[nH]1. The molecule has 0 atom stereocenters. The van der Waals surface area contributed by atoms with Gasteiger partial charge in [-0.2, -0.15) is 0 Å². The molecule has 1 aliphatic rings. The molecule has 0 unspecified atom stereocenters. The fourth-order valence-electron chi connectivity index (χ4n) is 1.37. The highest BCUT2D eigenvalue weighted by Gasteiger charge is 2.21. The van der Waals surface area contributed by atoms with E-state index in [4.69, 9.17) is 9.47 Å². The fraction of sp³-hybridized carbons (Fsp3) is 0.375. The third kappa shape index (κ3) is 1.16. The van der Waals surface area contributed by atoms with Gasteiger partial charge in [-0.05, 0) is 0 Å². The molecule has 1 saturated heterocycles. The molecule has 0 bridgehead atoms. The number of nitrogens with zero attached hydrogens (tertiary/aromatic N) is 3. The second-order valence-electron chi connectivity index (χ2n) is 2.94. The maximum Gasteiger partial charge on any atom is 0.219 e. The molecule has 0 saturated carbocycles. The predicted molar refractivity (Wildman–Crippen MR) is 46.3 cm³/mol. The van der Waals surface area contributed by atoms with Gasteiger partial charge in [-0.15, -0.1) is 0 Å². The summed E-state index contributed by atoms with van der Waals surface area (Å²) < 4.78 is 10.6. The number of fused-ring (bicyclic) bond motifs is 1. The Bertz CT molecular complexity index is 449. The first-order chi connectivity index (χ1) is 6.93. The van der Waals surface area contributed by atoms with Gasteiger partial charge in [0, 0.05) is 0 Å². The van der Waals surface area contributed by atoms with E-state index in [1.54, 1.807) is 12.5 Å². The molecule has 6 nitrogen and oxygen atoms in total. The monoisotopic (exact) mass is 192 g/mol. The standard InChI is InChI=1S/C8H8N4O2/c1-2-14-8(13-1)7-9-3-5-6(12-7)11-4-10-5/h3-4,8H,1-2H2,(H,9,10,11,12). The second-order valence-corrected chi connectivity index (χ2v) is 2.94. The minimum Gasteiger partial charge on any atom is -0.343 e. The average molecular weight is 192 g/mol. The van der Waals surface area contributed by atoms with Gasteiger partial charge in [0.2, 0.25) is 6.29 Å². The Morgan fingerprint density at radius 1 is 1.29 bits per heavy atom. The van der Waals surface area contributed by atoms with E-state index in [2.05, 4.69) is 19.9 Å². The van der Waals surface area contributed by atoms with Crippen LogP contribution in [0.25, 0.3) is 11.2 Å². The number of hydrogen-bond acceptors (Lipinski definition) is 5. The van der Waals surface area contributed by atoms with Crippen molar-refractivity contribution in [3.05, 3.63) is 18.3 Å². The summed E-state index contributed by atoms with van der Waals surface area (Å²) >= 11 is 0. The lowest BCUT2D eigenvalue weighted by atomic mass is 10.5. The van der Waals surface area contributed by atoms with Crippen molar-refractivity contribution in [2.75, 3.05) is 13.2 Å². The van der Waals surface area contributed by atoms with Crippen LogP contribution in [0.1, 0.15) is 12.1 Å². The summed E-state index contributed by atoms with van der Waals surface area (Å²) in [6.07, 6.45) is 2.82. The summed E-state index contributed by atoms with van der Waals surface area (Å²) in [7, 11) is 0. The van der Waals surface area contributed by atoms with Gasteiger partial charge in [-0.1, -0.05) is 0 Å². The third-order valence-electron chi connectivity index (χ3n) is 2.03. The number of imidazole rings is 1. The first kappa shape index (κ1) is 7.84. The Hall–Kier alpha value is -1.53. The Morgan fingerprint density at radius 2 is 2.14 bits per heavy atom. The van der Waals surface area contributed by atoms with E-state index >= 15 is 0 Å². The van der Waals surface area contributed by atoms with Crippen LogP contribution in [0.15, 0.2) is 12.5 Å². The predicted octanol–water partition coefficient (Wildman–Crippen LogP) is 0.398. The van der Waals surface area contributed by atoms with Crippen molar-refractivity contribution < 1.29 is 9.47 Å². The third-order valence-corrected chi connectivity index (χ3v) is 2.03. The van der Waals surface area contributed by atoms with E-state index in [9.17, 15) is 0 Å². The van der Waals surface area contributed by atoms with Gasteiger partial charge >= 0.3 is 0 Å². The highest BCUT2D eigenvalue weighted by Crippen LogP contribution is 2.20. The minimum absolute atomic E-state index is 0.434. The van der Waals surface area contributed by atoms with Gasteiger partial charge < -0.3 is 14.5 Å². The molecule has 0 spiro atoms. The van der Waals surface area contributed by atoms with Crippen LogP contribution in [0.3, 0.4) is 0 Å². The molecule has 6 heteroatoms. The van der Waals surface area contributed by atoms with Crippen LogP contribution >= 0.6 is 0 Å².